The van der Waals surface area contributed by atoms with Gasteiger partial charge in [0.1, 0.15) is 0 Å². The van der Waals surface area contributed by atoms with E-state index in [9.17, 15) is 10.1 Å². The highest BCUT2D eigenvalue weighted by Crippen LogP contribution is 2.25. The van der Waals surface area contributed by atoms with Crippen LogP contribution in [0, 0.1) is 16.0 Å². The topological polar surface area (TPSA) is 58.4 Å². The molecule has 0 aromatic heterocycles. The van der Waals surface area contributed by atoms with E-state index >= 15 is 0 Å². The average molecular weight is 291 g/mol. The van der Waals surface area contributed by atoms with Crippen molar-refractivity contribution in [2.45, 2.75) is 39.7 Å². The highest BCUT2D eigenvalue weighted by Gasteiger charge is 2.19. The zero-order chi connectivity index (χ0) is 15.2. The van der Waals surface area contributed by atoms with Gasteiger partial charge in [0.15, 0.2) is 0 Å². The molecule has 0 saturated carbocycles. The normalized spacial score (nSPS) is 19.4. The lowest BCUT2D eigenvalue weighted by molar-refractivity contribution is -0.384. The second-order valence-corrected chi connectivity index (χ2v) is 6.01. The van der Waals surface area contributed by atoms with Gasteiger partial charge in [-0.2, -0.15) is 0 Å². The molecule has 1 heterocycles. The molecule has 1 fully saturated rings. The van der Waals surface area contributed by atoms with Gasteiger partial charge in [0.2, 0.25) is 0 Å². The standard InChI is InChI=1S/C16H25N3O2/c1-3-8-17-16-7-6-15(19(20)21)10-14(16)12-18-9-4-5-13(2)11-18/h6-7,10,13,17H,3-5,8-9,11-12H2,1-2H3. The molecule has 21 heavy (non-hydrogen) atoms. The molecule has 116 valence electrons. The van der Waals surface area contributed by atoms with Crippen LogP contribution in [0.4, 0.5) is 11.4 Å². The SMILES string of the molecule is CCCNc1ccc([N+](=O)[O-])cc1CN1CCCC(C)C1. The van der Waals surface area contributed by atoms with Gasteiger partial charge in [0.25, 0.3) is 5.69 Å². The number of benzene rings is 1. The molecule has 5 heteroatoms. The number of nitrogens with one attached hydrogen (secondary N) is 1. The van der Waals surface area contributed by atoms with Crippen molar-refractivity contribution in [3.63, 3.8) is 0 Å². The van der Waals surface area contributed by atoms with E-state index in [1.165, 1.54) is 12.8 Å². The van der Waals surface area contributed by atoms with Crippen molar-refractivity contribution in [1.82, 2.24) is 4.90 Å². The fourth-order valence-electron chi connectivity index (χ4n) is 2.93. The summed E-state index contributed by atoms with van der Waals surface area (Å²) in [5.41, 5.74) is 2.24. The summed E-state index contributed by atoms with van der Waals surface area (Å²) in [6, 6.07) is 5.15. The molecule has 1 aliphatic heterocycles. The molecule has 5 nitrogen and oxygen atoms in total. The first kappa shape index (κ1) is 15.8. The van der Waals surface area contributed by atoms with Crippen LogP contribution < -0.4 is 5.32 Å². The van der Waals surface area contributed by atoms with Crippen LogP contribution >= 0.6 is 0 Å². The molecular weight excluding hydrogens is 266 g/mol. The van der Waals surface area contributed by atoms with Gasteiger partial charge >= 0.3 is 0 Å². The Kier molecular flexibility index (Phi) is 5.56. The molecule has 1 saturated heterocycles. The minimum atomic E-state index is -0.314. The van der Waals surface area contributed by atoms with Gasteiger partial charge in [0.05, 0.1) is 4.92 Å². The Hall–Kier alpha value is -1.62. The second-order valence-electron chi connectivity index (χ2n) is 6.01. The van der Waals surface area contributed by atoms with E-state index in [-0.39, 0.29) is 10.6 Å². The zero-order valence-electron chi connectivity index (χ0n) is 13.0. The minimum Gasteiger partial charge on any atom is -0.385 e. The van der Waals surface area contributed by atoms with Crippen LogP contribution in [0.3, 0.4) is 0 Å². The first-order chi connectivity index (χ1) is 10.1. The third-order valence-corrected chi connectivity index (χ3v) is 4.00. The summed E-state index contributed by atoms with van der Waals surface area (Å²) in [6.07, 6.45) is 3.54. The van der Waals surface area contributed by atoms with Gasteiger partial charge in [-0.3, -0.25) is 15.0 Å². The smallest absolute Gasteiger partial charge is 0.269 e. The summed E-state index contributed by atoms with van der Waals surface area (Å²) in [4.78, 5) is 13.1. The Bertz CT molecular complexity index is 490. The lowest BCUT2D eigenvalue weighted by atomic mass is 9.99. The first-order valence-electron chi connectivity index (χ1n) is 7.83. The van der Waals surface area contributed by atoms with Gasteiger partial charge in [-0.1, -0.05) is 13.8 Å². The number of non-ortho nitro benzene ring substituents is 1. The van der Waals surface area contributed by atoms with Crippen LogP contribution in [0.1, 0.15) is 38.7 Å². The highest BCUT2D eigenvalue weighted by molar-refractivity contribution is 5.56. The Labute approximate surface area is 126 Å². The van der Waals surface area contributed by atoms with E-state index in [1.807, 2.05) is 6.07 Å². The lowest BCUT2D eigenvalue weighted by Crippen LogP contribution is -2.33. The highest BCUT2D eigenvalue weighted by atomic mass is 16.6. The number of nitro groups is 1. The van der Waals surface area contributed by atoms with Gasteiger partial charge in [-0.25, -0.2) is 0 Å². The van der Waals surface area contributed by atoms with Crippen molar-refractivity contribution in [3.8, 4) is 0 Å². The molecular formula is C16H25N3O2. The molecule has 1 N–H and O–H groups in total. The maximum Gasteiger partial charge on any atom is 0.269 e. The summed E-state index contributed by atoms with van der Waals surface area (Å²) >= 11 is 0. The van der Waals surface area contributed by atoms with E-state index in [0.717, 1.165) is 43.9 Å². The molecule has 0 bridgehead atoms. The van der Waals surface area contributed by atoms with E-state index in [2.05, 4.69) is 24.1 Å². The van der Waals surface area contributed by atoms with Crippen molar-refractivity contribution in [2.24, 2.45) is 5.92 Å². The molecule has 0 spiro atoms. The number of rotatable bonds is 6. The average Bonchev–Trinajstić information content (AvgIpc) is 2.46. The predicted molar refractivity (Wildman–Crippen MR) is 85.6 cm³/mol. The third kappa shape index (κ3) is 4.43. The van der Waals surface area contributed by atoms with Gasteiger partial charge < -0.3 is 5.32 Å². The number of hydrogen-bond donors (Lipinski definition) is 1. The summed E-state index contributed by atoms with van der Waals surface area (Å²) in [6.45, 7) is 8.23. The lowest BCUT2D eigenvalue weighted by Gasteiger charge is -2.31. The van der Waals surface area contributed by atoms with E-state index in [1.54, 1.807) is 12.1 Å². The number of anilines is 1. The fourth-order valence-corrected chi connectivity index (χ4v) is 2.93. The van der Waals surface area contributed by atoms with Gasteiger partial charge in [0, 0.05) is 37.5 Å². The van der Waals surface area contributed by atoms with Crippen molar-refractivity contribution in [1.29, 1.82) is 0 Å². The predicted octanol–water partition coefficient (Wildman–Crippen LogP) is 3.65. The van der Waals surface area contributed by atoms with Crippen LogP contribution in [0.2, 0.25) is 0 Å². The molecule has 1 aromatic rings. The maximum absolute atomic E-state index is 11.0. The molecule has 1 aliphatic rings. The van der Waals surface area contributed by atoms with E-state index in [0.29, 0.717) is 5.92 Å². The Morgan fingerprint density at radius 3 is 2.95 bits per heavy atom. The summed E-state index contributed by atoms with van der Waals surface area (Å²) < 4.78 is 0. The van der Waals surface area contributed by atoms with Crippen LogP contribution in [0.25, 0.3) is 0 Å². The largest absolute Gasteiger partial charge is 0.385 e. The molecule has 1 aromatic carbocycles. The molecule has 0 aliphatic carbocycles. The molecule has 1 atom stereocenters. The number of nitro benzene ring substituents is 1. The number of piperidine rings is 1. The van der Waals surface area contributed by atoms with Crippen molar-refractivity contribution in [3.05, 3.63) is 33.9 Å². The summed E-state index contributed by atoms with van der Waals surface area (Å²) in [7, 11) is 0. The van der Waals surface area contributed by atoms with E-state index < -0.39 is 0 Å². The molecule has 1 unspecified atom stereocenters. The number of hydrogen-bond acceptors (Lipinski definition) is 4. The van der Waals surface area contributed by atoms with E-state index in [4.69, 9.17) is 0 Å². The quantitative estimate of drug-likeness (QED) is 0.642. The van der Waals surface area contributed by atoms with Crippen LogP contribution in [0.5, 0.6) is 0 Å². The Morgan fingerprint density at radius 2 is 2.29 bits per heavy atom. The fraction of sp³-hybridized carbons (Fsp3) is 0.625. The van der Waals surface area contributed by atoms with Crippen LogP contribution in [0.15, 0.2) is 18.2 Å². The van der Waals surface area contributed by atoms with Crippen LogP contribution in [-0.2, 0) is 6.54 Å². The zero-order valence-corrected chi connectivity index (χ0v) is 13.0. The Morgan fingerprint density at radius 1 is 1.48 bits per heavy atom. The third-order valence-electron chi connectivity index (χ3n) is 4.00. The molecule has 2 rings (SSSR count). The summed E-state index contributed by atoms with van der Waals surface area (Å²) in [5, 5.41) is 14.4. The summed E-state index contributed by atoms with van der Waals surface area (Å²) in [5.74, 6) is 0.712. The molecule has 0 amide bonds. The van der Waals surface area contributed by atoms with Crippen molar-refractivity contribution >= 4 is 11.4 Å². The maximum atomic E-state index is 11.0. The van der Waals surface area contributed by atoms with Crippen molar-refractivity contribution < 1.29 is 4.92 Å². The minimum absolute atomic E-state index is 0.178. The number of nitrogens with zero attached hydrogens (tertiary/aromatic N) is 2. The van der Waals surface area contributed by atoms with Crippen molar-refractivity contribution in [2.75, 3.05) is 25.0 Å². The Balaban J connectivity index is 2.16. The van der Waals surface area contributed by atoms with Gasteiger partial charge in [-0.15, -0.1) is 0 Å². The number of likely N-dealkylation sites (tertiary alicyclic amines) is 1. The molecule has 0 radical (unpaired) electrons. The first-order valence-corrected chi connectivity index (χ1v) is 7.83. The second kappa shape index (κ2) is 7.41. The monoisotopic (exact) mass is 291 g/mol. The van der Waals surface area contributed by atoms with Gasteiger partial charge in [-0.05, 0) is 43.4 Å². The van der Waals surface area contributed by atoms with Crippen LogP contribution in [-0.4, -0.2) is 29.5 Å².